The van der Waals surface area contributed by atoms with Crippen LogP contribution in [0, 0.1) is 23.7 Å². The van der Waals surface area contributed by atoms with Gasteiger partial charge in [-0.05, 0) is 50.2 Å². The van der Waals surface area contributed by atoms with Gasteiger partial charge in [-0.2, -0.15) is 0 Å². The summed E-state index contributed by atoms with van der Waals surface area (Å²) in [6, 6.07) is 6.51. The fourth-order valence-corrected chi connectivity index (χ4v) is 6.05. The van der Waals surface area contributed by atoms with Gasteiger partial charge in [0.05, 0.1) is 0 Å². The van der Waals surface area contributed by atoms with Crippen molar-refractivity contribution in [2.45, 2.75) is 77.3 Å². The molecule has 0 unspecified atom stereocenters. The third-order valence-corrected chi connectivity index (χ3v) is 7.68. The molecule has 2 bridgehead atoms. The van der Waals surface area contributed by atoms with Crippen molar-refractivity contribution < 1.29 is 38.3 Å². The molecule has 1 spiro atoms. The fourth-order valence-electron chi connectivity index (χ4n) is 6.05. The Morgan fingerprint density at radius 3 is 2.62 bits per heavy atom. The van der Waals surface area contributed by atoms with E-state index in [2.05, 4.69) is 6.92 Å². The minimum atomic E-state index is -0.894. The fraction of sp³-hybridized carbons (Fsp3) is 0.667. The molecule has 32 heavy (non-hydrogen) atoms. The molecule has 1 aromatic carbocycles. The minimum Gasteiger partial charge on any atom is -0.432 e. The number of esters is 2. The summed E-state index contributed by atoms with van der Waals surface area (Å²) in [5.74, 6) is -1.26. The highest BCUT2D eigenvalue weighted by atomic mass is 17.3. The Hall–Kier alpha value is -2.00. The molecule has 8 nitrogen and oxygen atoms in total. The highest BCUT2D eigenvalue weighted by Crippen LogP contribution is 2.60. The molecule has 4 heterocycles. The number of fused-ring (bicyclic) bond motifs is 2. The number of carbonyl (C=O) groups excluding carboxylic acids is 2. The molecule has 0 amide bonds. The molecule has 0 N–H and O–H groups in total. The zero-order chi connectivity index (χ0) is 22.7. The van der Waals surface area contributed by atoms with Crippen molar-refractivity contribution in [3.05, 3.63) is 29.8 Å². The molecule has 5 aliphatic rings. The first-order valence-corrected chi connectivity index (χ1v) is 11.4. The van der Waals surface area contributed by atoms with Gasteiger partial charge in [0.1, 0.15) is 11.3 Å². The lowest BCUT2D eigenvalue weighted by molar-refractivity contribution is -0.576. The van der Waals surface area contributed by atoms with E-state index in [0.29, 0.717) is 12.3 Å². The van der Waals surface area contributed by atoms with Crippen LogP contribution in [0.5, 0.6) is 5.75 Å². The van der Waals surface area contributed by atoms with Gasteiger partial charge in [-0.1, -0.05) is 26.0 Å². The maximum atomic E-state index is 13.0. The summed E-state index contributed by atoms with van der Waals surface area (Å²) in [5, 5.41) is 0. The molecule has 1 saturated carbocycles. The first-order chi connectivity index (χ1) is 15.2. The van der Waals surface area contributed by atoms with Crippen molar-refractivity contribution >= 4 is 11.9 Å². The molecule has 1 aliphatic carbocycles. The molecule has 8 heteroatoms. The summed E-state index contributed by atoms with van der Waals surface area (Å²) < 4.78 is 23.6. The van der Waals surface area contributed by atoms with Gasteiger partial charge in [-0.15, -0.1) is 0 Å². The van der Waals surface area contributed by atoms with Crippen molar-refractivity contribution in [2.24, 2.45) is 23.7 Å². The maximum Gasteiger partial charge on any atom is 0.344 e. The Bertz CT molecular complexity index is 917. The Balaban J connectivity index is 1.43. The highest BCUT2D eigenvalue weighted by molar-refractivity contribution is 5.93. The van der Waals surface area contributed by atoms with E-state index in [1.165, 1.54) is 6.92 Å². The second-order valence-corrected chi connectivity index (χ2v) is 9.77. The average Bonchev–Trinajstić information content (AvgIpc) is 2.97. The third-order valence-electron chi connectivity index (χ3n) is 7.68. The quantitative estimate of drug-likeness (QED) is 0.391. The zero-order valence-electron chi connectivity index (χ0n) is 18.9. The van der Waals surface area contributed by atoms with E-state index in [1.807, 2.05) is 13.8 Å². The Morgan fingerprint density at radius 2 is 1.84 bits per heavy atom. The maximum absolute atomic E-state index is 13.0. The molecule has 6 rings (SSSR count). The smallest absolute Gasteiger partial charge is 0.344 e. The molecule has 1 aromatic rings. The largest absolute Gasteiger partial charge is 0.432 e. The van der Waals surface area contributed by atoms with Crippen molar-refractivity contribution in [2.75, 3.05) is 0 Å². The van der Waals surface area contributed by atoms with Crippen LogP contribution in [-0.2, 0) is 28.8 Å². The lowest BCUT2D eigenvalue weighted by atomic mass is 9.58. The third kappa shape index (κ3) is 3.36. The zero-order valence-corrected chi connectivity index (χ0v) is 18.9. The summed E-state index contributed by atoms with van der Waals surface area (Å²) in [4.78, 5) is 36.4. The number of para-hydroxylation sites is 1. The second kappa shape index (κ2) is 7.80. The van der Waals surface area contributed by atoms with Gasteiger partial charge in [-0.25, -0.2) is 14.6 Å². The number of benzene rings is 1. The van der Waals surface area contributed by atoms with Crippen LogP contribution < -0.4 is 4.74 Å². The number of rotatable bonds is 3. The van der Waals surface area contributed by atoms with Crippen LogP contribution in [0.3, 0.4) is 0 Å². The summed E-state index contributed by atoms with van der Waals surface area (Å²) >= 11 is 0. The van der Waals surface area contributed by atoms with Gasteiger partial charge >= 0.3 is 11.9 Å². The molecule has 0 aromatic heterocycles. The van der Waals surface area contributed by atoms with Crippen molar-refractivity contribution in [3.63, 3.8) is 0 Å². The molecular weight excluding hydrogens is 416 g/mol. The summed E-state index contributed by atoms with van der Waals surface area (Å²) in [5.41, 5.74) is -0.546. The molecule has 0 radical (unpaired) electrons. The van der Waals surface area contributed by atoms with Crippen LogP contribution >= 0.6 is 0 Å². The monoisotopic (exact) mass is 446 g/mol. The molecule has 8 atom stereocenters. The Labute approximate surface area is 187 Å². The highest BCUT2D eigenvalue weighted by Gasteiger charge is 2.69. The van der Waals surface area contributed by atoms with E-state index in [0.717, 1.165) is 19.3 Å². The van der Waals surface area contributed by atoms with Crippen molar-refractivity contribution in [1.82, 2.24) is 0 Å². The standard InChI is InChI=1S/C24H30O8/c1-13-9-10-18-14(2)21(28-20(26)16-7-5-6-8-19(16)27-15(3)25)29-22-24(18)17(13)11-12-23(4,30-22)31-32-24/h5-8,13-14,17-18,21-22H,9-12H2,1-4H3/t13-,14-,17-,18-,21-,22-,23-,24-/m1/s1. The summed E-state index contributed by atoms with van der Waals surface area (Å²) in [6.45, 7) is 7.41. The molecule has 4 aliphatic heterocycles. The number of carbonyl (C=O) groups is 2. The first-order valence-electron chi connectivity index (χ1n) is 11.4. The lowest BCUT2D eigenvalue weighted by Gasteiger charge is -2.59. The minimum absolute atomic E-state index is 0.0478. The molecular formula is C24H30O8. The van der Waals surface area contributed by atoms with Crippen LogP contribution in [0.2, 0.25) is 0 Å². The summed E-state index contributed by atoms with van der Waals surface area (Å²) in [7, 11) is 0. The van der Waals surface area contributed by atoms with Gasteiger partial charge in [-0.3, -0.25) is 4.79 Å². The Morgan fingerprint density at radius 1 is 1.06 bits per heavy atom. The van der Waals surface area contributed by atoms with Crippen LogP contribution in [0.1, 0.15) is 63.7 Å². The van der Waals surface area contributed by atoms with Crippen molar-refractivity contribution in [1.29, 1.82) is 0 Å². The van der Waals surface area contributed by atoms with Gasteiger partial charge in [0.15, 0.2) is 11.9 Å². The van der Waals surface area contributed by atoms with Crippen molar-refractivity contribution in [3.8, 4) is 5.75 Å². The van der Waals surface area contributed by atoms with Gasteiger partial charge < -0.3 is 18.9 Å². The van der Waals surface area contributed by atoms with E-state index in [4.69, 9.17) is 28.7 Å². The van der Waals surface area contributed by atoms with Crippen LogP contribution in [-0.4, -0.2) is 35.9 Å². The predicted octanol–water partition coefficient (Wildman–Crippen LogP) is 3.98. The van der Waals surface area contributed by atoms with Gasteiger partial charge in [0, 0.05) is 25.2 Å². The number of hydrogen-bond donors (Lipinski definition) is 0. The molecule has 5 fully saturated rings. The predicted molar refractivity (Wildman–Crippen MR) is 110 cm³/mol. The van der Waals surface area contributed by atoms with Crippen LogP contribution in [0.15, 0.2) is 24.3 Å². The number of ether oxygens (including phenoxy) is 4. The van der Waals surface area contributed by atoms with E-state index in [9.17, 15) is 9.59 Å². The second-order valence-electron chi connectivity index (χ2n) is 9.77. The normalized spacial score (nSPS) is 42.5. The van der Waals surface area contributed by atoms with Gasteiger partial charge in [0.25, 0.3) is 0 Å². The molecule has 174 valence electrons. The lowest BCUT2D eigenvalue weighted by Crippen LogP contribution is -2.70. The first kappa shape index (κ1) is 21.8. The van der Waals surface area contributed by atoms with Gasteiger partial charge in [0.2, 0.25) is 12.1 Å². The van der Waals surface area contributed by atoms with E-state index in [1.54, 1.807) is 24.3 Å². The van der Waals surface area contributed by atoms with Crippen LogP contribution in [0.4, 0.5) is 0 Å². The summed E-state index contributed by atoms with van der Waals surface area (Å²) in [6.07, 6.45) is 2.09. The van der Waals surface area contributed by atoms with E-state index in [-0.39, 0.29) is 29.1 Å². The Kier molecular flexibility index (Phi) is 5.32. The average molecular weight is 446 g/mol. The van der Waals surface area contributed by atoms with E-state index >= 15 is 0 Å². The molecule has 4 saturated heterocycles. The SMILES string of the molecule is CC(=O)Oc1ccccc1C(=O)O[C@@H]1O[C@@H]2O[C@@]3(C)CC[C@@H]4[C@H](C)CC[C@H]([C@H]1C)[C@@]24OO3. The number of hydrogen-bond acceptors (Lipinski definition) is 8. The van der Waals surface area contributed by atoms with E-state index < -0.39 is 35.9 Å². The van der Waals surface area contributed by atoms with Crippen LogP contribution in [0.25, 0.3) is 0 Å². The topological polar surface area (TPSA) is 89.5 Å².